The van der Waals surface area contributed by atoms with Gasteiger partial charge in [-0.3, -0.25) is 0 Å². The van der Waals surface area contributed by atoms with Crippen LogP contribution in [0.2, 0.25) is 0 Å². The molecule has 6 rings (SSSR count). The Hall–Kier alpha value is -5.48. The number of thiophene rings is 2. The van der Waals surface area contributed by atoms with Crippen molar-refractivity contribution in [1.82, 2.24) is 0 Å². The van der Waals surface area contributed by atoms with Crippen LogP contribution in [0.1, 0.15) is 170 Å². The van der Waals surface area contributed by atoms with E-state index in [-0.39, 0.29) is 0 Å². The fraction of sp³-hybridized carbons (Fsp3) is 0.333. The predicted molar refractivity (Wildman–Crippen MR) is 270 cm³/mol. The van der Waals surface area contributed by atoms with Crippen molar-refractivity contribution in [2.45, 2.75) is 130 Å². The lowest BCUT2D eigenvalue weighted by molar-refractivity contribution is 0.632. The lowest BCUT2D eigenvalue weighted by Crippen LogP contribution is -1.86. The van der Waals surface area contributed by atoms with Crippen molar-refractivity contribution in [1.29, 1.82) is 0 Å². The van der Waals surface area contributed by atoms with E-state index in [4.69, 9.17) is 0 Å². The van der Waals surface area contributed by atoms with Crippen LogP contribution in [-0.4, -0.2) is 0 Å². The minimum Gasteiger partial charge on any atom is -0.124 e. The Kier molecular flexibility index (Phi) is 18.9. The molecule has 6 aromatic rings. The third-order valence-corrected chi connectivity index (χ3v) is 13.3. The Morgan fingerprint density at radius 3 is 0.935 bits per heavy atom. The van der Waals surface area contributed by atoms with E-state index in [1.165, 1.54) is 86.5 Å². The molecule has 0 unspecified atom stereocenters. The topological polar surface area (TPSA) is 0 Å². The van der Waals surface area contributed by atoms with Crippen molar-refractivity contribution in [3.8, 4) is 57.1 Å². The van der Waals surface area contributed by atoms with E-state index in [1.807, 2.05) is 0 Å². The van der Waals surface area contributed by atoms with Crippen LogP contribution in [0.4, 0.5) is 0 Å². The van der Waals surface area contributed by atoms with Crippen molar-refractivity contribution in [3.63, 3.8) is 0 Å². The fourth-order valence-electron chi connectivity index (χ4n) is 7.44. The van der Waals surface area contributed by atoms with E-state index in [0.717, 1.165) is 91.4 Å². The smallest absolute Gasteiger partial charge is 0.0792 e. The molecule has 0 nitrogen and oxygen atoms in total. The summed E-state index contributed by atoms with van der Waals surface area (Å²) in [6.45, 7) is 8.97. The molecule has 0 N–H and O–H groups in total. The van der Waals surface area contributed by atoms with Crippen LogP contribution in [0.25, 0.3) is 9.75 Å². The summed E-state index contributed by atoms with van der Waals surface area (Å²) in [6.07, 6.45) is 19.6. The highest BCUT2D eigenvalue weighted by atomic mass is 32.1. The molecule has 0 amide bonds. The predicted octanol–water partition coefficient (Wildman–Crippen LogP) is 16.0. The van der Waals surface area contributed by atoms with Crippen molar-refractivity contribution >= 4 is 22.7 Å². The zero-order valence-corrected chi connectivity index (χ0v) is 39.2. The molecule has 0 saturated heterocycles. The van der Waals surface area contributed by atoms with Gasteiger partial charge in [-0.05, 0) is 121 Å². The van der Waals surface area contributed by atoms with Gasteiger partial charge in [0.25, 0.3) is 0 Å². The summed E-state index contributed by atoms with van der Waals surface area (Å²) >= 11 is 3.40. The molecule has 0 atom stereocenters. The van der Waals surface area contributed by atoms with Crippen LogP contribution in [0.15, 0.2) is 109 Å². The highest BCUT2D eigenvalue weighted by molar-refractivity contribution is 7.23. The normalized spacial score (nSPS) is 10.5. The van der Waals surface area contributed by atoms with Gasteiger partial charge in [-0.15, -0.1) is 22.7 Å². The molecule has 0 aliphatic heterocycles. The SMILES string of the molecule is CCCCCCCc1ccc(C#Cc2cc(C#Cc3ccc(CCC)cc3)c(-c3sc(C#Cc4ccc(CCCCCCC)cc4)cc3C#Cc3ccc(CCC)cc3)s2)cc1. The molecule has 0 aliphatic carbocycles. The molecule has 62 heavy (non-hydrogen) atoms. The van der Waals surface area contributed by atoms with Crippen molar-refractivity contribution in [2.24, 2.45) is 0 Å². The zero-order chi connectivity index (χ0) is 43.2. The molecule has 0 spiro atoms. The fourth-order valence-corrected chi connectivity index (χ4v) is 9.53. The first-order chi connectivity index (χ1) is 30.5. The number of hydrogen-bond acceptors (Lipinski definition) is 2. The second kappa shape index (κ2) is 25.5. The van der Waals surface area contributed by atoms with Crippen molar-refractivity contribution in [3.05, 3.63) is 175 Å². The number of hydrogen-bond donors (Lipinski definition) is 0. The summed E-state index contributed by atoms with van der Waals surface area (Å²) in [7, 11) is 0. The second-order valence-corrected chi connectivity index (χ2v) is 18.4. The molecule has 0 bridgehead atoms. The summed E-state index contributed by atoms with van der Waals surface area (Å²) in [5, 5.41) is 0. The van der Waals surface area contributed by atoms with Crippen LogP contribution in [0.3, 0.4) is 0 Å². The molecule has 314 valence electrons. The lowest BCUT2D eigenvalue weighted by Gasteiger charge is -2.01. The third-order valence-electron chi connectivity index (χ3n) is 11.0. The summed E-state index contributed by atoms with van der Waals surface area (Å²) in [5.74, 6) is 28.1. The van der Waals surface area contributed by atoms with Crippen LogP contribution in [0, 0.1) is 47.4 Å². The third kappa shape index (κ3) is 14.9. The van der Waals surface area contributed by atoms with Gasteiger partial charge in [0.05, 0.1) is 19.5 Å². The van der Waals surface area contributed by atoms with Gasteiger partial charge in [0.2, 0.25) is 0 Å². The van der Waals surface area contributed by atoms with Gasteiger partial charge in [-0.1, -0.05) is 188 Å². The molecule has 0 aliphatic rings. The molecule has 0 radical (unpaired) electrons. The second-order valence-electron chi connectivity index (χ2n) is 16.3. The van der Waals surface area contributed by atoms with Gasteiger partial charge in [0, 0.05) is 33.4 Å². The van der Waals surface area contributed by atoms with Crippen LogP contribution >= 0.6 is 22.7 Å². The number of aryl methyl sites for hydroxylation is 4. The number of rotatable bonds is 17. The summed E-state index contributed by atoms with van der Waals surface area (Å²) in [6, 6.07) is 39.3. The maximum atomic E-state index is 3.57. The van der Waals surface area contributed by atoms with Gasteiger partial charge < -0.3 is 0 Å². The standard InChI is InChI=1S/C60H62S2/c1-5-9-11-13-15-19-49-25-33-53(34-26-49)39-43-57-45-55(41-37-51-29-21-47(17-7-3)22-30-51)59(61-57)60-56(42-38-52-31-23-48(18-8-4)24-32-52)46-58(62-60)44-40-54-35-27-50(28-36-54)20-16-14-12-10-6-2/h21-36,45-46H,5-20H2,1-4H3. The van der Waals surface area contributed by atoms with E-state index in [9.17, 15) is 0 Å². The largest absolute Gasteiger partial charge is 0.124 e. The van der Waals surface area contributed by atoms with Gasteiger partial charge >= 0.3 is 0 Å². The molecule has 2 heteroatoms. The number of benzene rings is 4. The summed E-state index contributed by atoms with van der Waals surface area (Å²) in [5.41, 5.74) is 11.5. The van der Waals surface area contributed by atoms with Crippen LogP contribution in [-0.2, 0) is 25.7 Å². The van der Waals surface area contributed by atoms with E-state index in [2.05, 4.69) is 184 Å². The summed E-state index contributed by atoms with van der Waals surface area (Å²) < 4.78 is 0. The highest BCUT2D eigenvalue weighted by Gasteiger charge is 2.16. The minimum atomic E-state index is 0.967. The molecular formula is C60H62S2. The first-order valence-electron chi connectivity index (χ1n) is 23.2. The summed E-state index contributed by atoms with van der Waals surface area (Å²) in [4.78, 5) is 4.15. The van der Waals surface area contributed by atoms with Gasteiger partial charge in [0.1, 0.15) is 0 Å². The molecule has 0 saturated carbocycles. The van der Waals surface area contributed by atoms with Gasteiger partial charge in [0.15, 0.2) is 0 Å². The Morgan fingerprint density at radius 2 is 0.613 bits per heavy atom. The number of unbranched alkanes of at least 4 members (excludes halogenated alkanes) is 8. The Morgan fingerprint density at radius 1 is 0.306 bits per heavy atom. The van der Waals surface area contributed by atoms with Crippen LogP contribution in [0.5, 0.6) is 0 Å². The first kappa shape index (κ1) is 46.0. The minimum absolute atomic E-state index is 0.967. The monoisotopic (exact) mass is 846 g/mol. The van der Waals surface area contributed by atoms with Crippen molar-refractivity contribution < 1.29 is 0 Å². The average molecular weight is 847 g/mol. The molecule has 4 aromatic carbocycles. The lowest BCUT2D eigenvalue weighted by atomic mass is 10.0. The Labute approximate surface area is 382 Å². The molecule has 2 heterocycles. The maximum absolute atomic E-state index is 3.57. The first-order valence-corrected chi connectivity index (χ1v) is 24.9. The van der Waals surface area contributed by atoms with Gasteiger partial charge in [-0.2, -0.15) is 0 Å². The van der Waals surface area contributed by atoms with E-state index < -0.39 is 0 Å². The van der Waals surface area contributed by atoms with E-state index >= 15 is 0 Å². The van der Waals surface area contributed by atoms with Crippen molar-refractivity contribution in [2.75, 3.05) is 0 Å². The Bertz CT molecular complexity index is 2360. The quantitative estimate of drug-likeness (QED) is 0.0634. The van der Waals surface area contributed by atoms with Crippen LogP contribution < -0.4 is 0 Å². The Balaban J connectivity index is 1.34. The maximum Gasteiger partial charge on any atom is 0.0792 e. The zero-order valence-electron chi connectivity index (χ0n) is 37.5. The van der Waals surface area contributed by atoms with E-state index in [0.29, 0.717) is 0 Å². The van der Waals surface area contributed by atoms with Gasteiger partial charge in [-0.25, -0.2) is 0 Å². The highest BCUT2D eigenvalue weighted by Crippen LogP contribution is 2.40. The van der Waals surface area contributed by atoms with E-state index in [1.54, 1.807) is 22.7 Å². The molecule has 2 aromatic heterocycles. The molecule has 0 fully saturated rings. The molecular weight excluding hydrogens is 785 g/mol. The average Bonchev–Trinajstić information content (AvgIpc) is 3.91.